The normalized spacial score (nSPS) is 11.3. The predicted molar refractivity (Wildman–Crippen MR) is 56.4 cm³/mol. The second-order valence-corrected chi connectivity index (χ2v) is 3.37. The summed E-state index contributed by atoms with van der Waals surface area (Å²) < 4.78 is 42.4. The first kappa shape index (κ1) is 12.2. The van der Waals surface area contributed by atoms with E-state index in [9.17, 15) is 18.0 Å². The molecule has 0 fully saturated rings. The standard InChI is InChI=1S/C11H7F3N2O2/c12-11(13,14)7-2-1-3-8(4-7)18-9-5-15-6-16-10(9)17/h1-6H,(H,15,16,17). The van der Waals surface area contributed by atoms with Gasteiger partial charge < -0.3 is 9.72 Å². The van der Waals surface area contributed by atoms with E-state index in [1.54, 1.807) is 0 Å². The quantitative estimate of drug-likeness (QED) is 0.898. The van der Waals surface area contributed by atoms with Crippen LogP contribution in [0.3, 0.4) is 0 Å². The predicted octanol–water partition coefficient (Wildman–Crippen LogP) is 2.58. The molecule has 2 rings (SSSR count). The number of aromatic nitrogens is 2. The first-order chi connectivity index (χ1) is 8.47. The number of halogens is 3. The van der Waals surface area contributed by atoms with Gasteiger partial charge in [-0.05, 0) is 18.2 Å². The van der Waals surface area contributed by atoms with Gasteiger partial charge >= 0.3 is 6.18 Å². The zero-order chi connectivity index (χ0) is 13.2. The molecule has 1 aromatic carbocycles. The minimum absolute atomic E-state index is 0.0803. The SMILES string of the molecule is O=c1[nH]cncc1Oc1cccc(C(F)(F)F)c1. The molecule has 0 amide bonds. The molecule has 4 nitrogen and oxygen atoms in total. The molecule has 0 saturated heterocycles. The molecular weight excluding hydrogens is 249 g/mol. The van der Waals surface area contributed by atoms with E-state index in [4.69, 9.17) is 4.74 Å². The van der Waals surface area contributed by atoms with E-state index < -0.39 is 17.3 Å². The van der Waals surface area contributed by atoms with Crippen molar-refractivity contribution in [1.82, 2.24) is 9.97 Å². The fourth-order valence-corrected chi connectivity index (χ4v) is 1.27. The van der Waals surface area contributed by atoms with Crippen molar-refractivity contribution in [3.8, 4) is 11.5 Å². The number of hydrogen-bond donors (Lipinski definition) is 1. The van der Waals surface area contributed by atoms with E-state index in [0.29, 0.717) is 0 Å². The third-order valence-electron chi connectivity index (χ3n) is 2.07. The highest BCUT2D eigenvalue weighted by molar-refractivity contribution is 5.33. The maximum atomic E-state index is 12.5. The van der Waals surface area contributed by atoms with Crippen LogP contribution in [0, 0.1) is 0 Å². The van der Waals surface area contributed by atoms with Crippen molar-refractivity contribution >= 4 is 0 Å². The van der Waals surface area contributed by atoms with Crippen LogP contribution in [0.1, 0.15) is 5.56 Å². The topological polar surface area (TPSA) is 55.0 Å². The first-order valence-corrected chi connectivity index (χ1v) is 4.84. The van der Waals surface area contributed by atoms with E-state index >= 15 is 0 Å². The molecule has 0 aliphatic heterocycles. The Morgan fingerprint density at radius 1 is 1.28 bits per heavy atom. The van der Waals surface area contributed by atoms with Crippen molar-refractivity contribution in [2.45, 2.75) is 6.18 Å². The maximum Gasteiger partial charge on any atom is 0.416 e. The van der Waals surface area contributed by atoms with Gasteiger partial charge in [0.15, 0.2) is 0 Å². The first-order valence-electron chi connectivity index (χ1n) is 4.84. The number of nitrogens with zero attached hydrogens (tertiary/aromatic N) is 1. The summed E-state index contributed by atoms with van der Waals surface area (Å²) in [4.78, 5) is 17.1. The Hall–Kier alpha value is -2.31. The molecule has 0 aliphatic rings. The lowest BCUT2D eigenvalue weighted by atomic mass is 10.2. The summed E-state index contributed by atoms with van der Waals surface area (Å²) in [5, 5.41) is 0. The average molecular weight is 256 g/mol. The van der Waals surface area contributed by atoms with Crippen LogP contribution in [0.2, 0.25) is 0 Å². The molecule has 1 heterocycles. The van der Waals surface area contributed by atoms with E-state index in [2.05, 4.69) is 9.97 Å². The Kier molecular flexibility index (Phi) is 3.05. The van der Waals surface area contributed by atoms with Gasteiger partial charge in [0, 0.05) is 0 Å². The number of ether oxygens (including phenoxy) is 1. The Bertz CT molecular complexity index is 607. The van der Waals surface area contributed by atoms with Crippen LogP contribution in [0.25, 0.3) is 0 Å². The lowest BCUT2D eigenvalue weighted by Crippen LogP contribution is -2.09. The lowest BCUT2D eigenvalue weighted by molar-refractivity contribution is -0.137. The van der Waals surface area contributed by atoms with Gasteiger partial charge in [-0.15, -0.1) is 0 Å². The second kappa shape index (κ2) is 4.52. The van der Waals surface area contributed by atoms with Gasteiger partial charge in [-0.25, -0.2) is 4.98 Å². The molecule has 7 heteroatoms. The van der Waals surface area contributed by atoms with Crippen molar-refractivity contribution in [1.29, 1.82) is 0 Å². The molecule has 1 aromatic heterocycles. The van der Waals surface area contributed by atoms with E-state index in [0.717, 1.165) is 24.7 Å². The van der Waals surface area contributed by atoms with Crippen LogP contribution in [0.5, 0.6) is 11.5 Å². The molecule has 2 aromatic rings. The molecule has 0 aliphatic carbocycles. The number of alkyl halides is 3. The monoisotopic (exact) mass is 256 g/mol. The number of rotatable bonds is 2. The van der Waals surface area contributed by atoms with Gasteiger partial charge in [0.25, 0.3) is 5.56 Å². The zero-order valence-corrected chi connectivity index (χ0v) is 8.86. The van der Waals surface area contributed by atoms with Gasteiger partial charge in [-0.2, -0.15) is 13.2 Å². The molecule has 0 unspecified atom stereocenters. The van der Waals surface area contributed by atoms with E-state index in [1.807, 2.05) is 0 Å². The van der Waals surface area contributed by atoms with Crippen LogP contribution < -0.4 is 10.3 Å². The number of H-pyrrole nitrogens is 1. The fraction of sp³-hybridized carbons (Fsp3) is 0.0909. The molecule has 1 N–H and O–H groups in total. The molecule has 0 atom stereocenters. The molecule has 94 valence electrons. The van der Waals surface area contributed by atoms with Crippen molar-refractivity contribution in [3.05, 3.63) is 52.7 Å². The van der Waals surface area contributed by atoms with E-state index in [-0.39, 0.29) is 11.5 Å². The van der Waals surface area contributed by atoms with Gasteiger partial charge in [-0.3, -0.25) is 4.79 Å². The number of aromatic amines is 1. The Morgan fingerprint density at radius 2 is 2.06 bits per heavy atom. The van der Waals surface area contributed by atoms with Gasteiger partial charge in [0.2, 0.25) is 5.75 Å². The average Bonchev–Trinajstić information content (AvgIpc) is 2.31. The van der Waals surface area contributed by atoms with Gasteiger partial charge in [0.1, 0.15) is 5.75 Å². The summed E-state index contributed by atoms with van der Waals surface area (Å²) in [5.41, 5.74) is -1.41. The van der Waals surface area contributed by atoms with Gasteiger partial charge in [-0.1, -0.05) is 6.07 Å². The minimum Gasteiger partial charge on any atom is -0.450 e. The molecular formula is C11H7F3N2O2. The summed E-state index contributed by atoms with van der Waals surface area (Å²) in [7, 11) is 0. The Balaban J connectivity index is 2.31. The highest BCUT2D eigenvalue weighted by atomic mass is 19.4. The summed E-state index contributed by atoms with van der Waals surface area (Å²) in [6.07, 6.45) is -2.18. The number of hydrogen-bond acceptors (Lipinski definition) is 3. The van der Waals surface area contributed by atoms with Crippen molar-refractivity contribution in [2.24, 2.45) is 0 Å². The molecule has 0 spiro atoms. The van der Waals surface area contributed by atoms with Gasteiger partial charge in [0.05, 0.1) is 18.1 Å². The van der Waals surface area contributed by atoms with Crippen molar-refractivity contribution in [2.75, 3.05) is 0 Å². The van der Waals surface area contributed by atoms with Crippen LogP contribution in [0.15, 0.2) is 41.6 Å². The maximum absolute atomic E-state index is 12.5. The number of nitrogens with one attached hydrogen (secondary N) is 1. The zero-order valence-electron chi connectivity index (χ0n) is 8.86. The summed E-state index contributed by atoms with van der Waals surface area (Å²) in [6, 6.07) is 4.25. The summed E-state index contributed by atoms with van der Waals surface area (Å²) in [5.74, 6) is -0.250. The highest BCUT2D eigenvalue weighted by Crippen LogP contribution is 2.32. The van der Waals surface area contributed by atoms with Crippen molar-refractivity contribution in [3.63, 3.8) is 0 Å². The lowest BCUT2D eigenvalue weighted by Gasteiger charge is -2.09. The molecule has 0 saturated carbocycles. The Morgan fingerprint density at radius 3 is 2.72 bits per heavy atom. The number of benzene rings is 1. The third-order valence-corrected chi connectivity index (χ3v) is 2.07. The summed E-state index contributed by atoms with van der Waals surface area (Å²) in [6.45, 7) is 0. The molecule has 0 bridgehead atoms. The van der Waals surface area contributed by atoms with Crippen LogP contribution in [0.4, 0.5) is 13.2 Å². The third kappa shape index (κ3) is 2.68. The van der Waals surface area contributed by atoms with Crippen LogP contribution >= 0.6 is 0 Å². The molecule has 0 radical (unpaired) electrons. The van der Waals surface area contributed by atoms with Crippen LogP contribution in [-0.2, 0) is 6.18 Å². The summed E-state index contributed by atoms with van der Waals surface area (Å²) >= 11 is 0. The highest BCUT2D eigenvalue weighted by Gasteiger charge is 2.30. The fourth-order valence-electron chi connectivity index (χ4n) is 1.27. The Labute approximate surface area is 99.1 Å². The second-order valence-electron chi connectivity index (χ2n) is 3.37. The molecule has 18 heavy (non-hydrogen) atoms. The smallest absolute Gasteiger partial charge is 0.416 e. The minimum atomic E-state index is -4.46. The van der Waals surface area contributed by atoms with Crippen molar-refractivity contribution < 1.29 is 17.9 Å². The largest absolute Gasteiger partial charge is 0.450 e. The van der Waals surface area contributed by atoms with E-state index in [1.165, 1.54) is 12.1 Å². The van der Waals surface area contributed by atoms with Crippen LogP contribution in [-0.4, -0.2) is 9.97 Å².